The van der Waals surface area contributed by atoms with Crippen LogP contribution in [0.15, 0.2) is 0 Å². The van der Waals surface area contributed by atoms with Crippen LogP contribution in [0.25, 0.3) is 0 Å². The van der Waals surface area contributed by atoms with Crippen LogP contribution < -0.4 is 10.6 Å². The highest BCUT2D eigenvalue weighted by molar-refractivity contribution is 5.79. The van der Waals surface area contributed by atoms with Gasteiger partial charge in [-0.3, -0.25) is 4.79 Å². The normalized spacial score (nSPS) is 30.8. The average molecular weight is 225 g/mol. The molecule has 0 aromatic heterocycles. The third-order valence-electron chi connectivity index (χ3n) is 3.72. The van der Waals surface area contributed by atoms with Gasteiger partial charge in [0.1, 0.15) is 0 Å². The van der Waals surface area contributed by atoms with Crippen LogP contribution in [0.5, 0.6) is 0 Å². The third kappa shape index (κ3) is 3.19. The van der Waals surface area contributed by atoms with Crippen molar-refractivity contribution in [3.05, 3.63) is 0 Å². The fourth-order valence-electron chi connectivity index (χ4n) is 2.67. The first-order chi connectivity index (χ1) is 7.75. The molecule has 0 aromatic rings. The molecule has 0 radical (unpaired) electrons. The van der Waals surface area contributed by atoms with Crippen molar-refractivity contribution in [3.63, 3.8) is 0 Å². The average Bonchev–Trinajstić information content (AvgIpc) is 2.89. The summed E-state index contributed by atoms with van der Waals surface area (Å²) in [5.41, 5.74) is 0. The molecule has 1 amide bonds. The molecular formula is C12H23N3O. The van der Waals surface area contributed by atoms with Crippen molar-refractivity contribution in [1.82, 2.24) is 15.5 Å². The van der Waals surface area contributed by atoms with E-state index in [1.165, 1.54) is 12.8 Å². The fourth-order valence-corrected chi connectivity index (χ4v) is 2.67. The number of hydrogen-bond donors (Lipinski definition) is 2. The first-order valence-electron chi connectivity index (χ1n) is 6.45. The minimum atomic E-state index is 0.224. The first-order valence-corrected chi connectivity index (χ1v) is 6.45. The van der Waals surface area contributed by atoms with Crippen LogP contribution in [0.4, 0.5) is 0 Å². The van der Waals surface area contributed by atoms with Gasteiger partial charge in [0.15, 0.2) is 0 Å². The van der Waals surface area contributed by atoms with E-state index in [2.05, 4.69) is 22.6 Å². The topological polar surface area (TPSA) is 44.4 Å². The van der Waals surface area contributed by atoms with Gasteiger partial charge < -0.3 is 15.5 Å². The van der Waals surface area contributed by atoms with Crippen molar-refractivity contribution < 1.29 is 4.79 Å². The monoisotopic (exact) mass is 225 g/mol. The van der Waals surface area contributed by atoms with Crippen LogP contribution in [0.1, 0.15) is 25.7 Å². The van der Waals surface area contributed by atoms with Gasteiger partial charge >= 0.3 is 0 Å². The maximum absolute atomic E-state index is 11.8. The maximum Gasteiger partial charge on any atom is 0.224 e. The summed E-state index contributed by atoms with van der Waals surface area (Å²) in [7, 11) is 2.08. The summed E-state index contributed by atoms with van der Waals surface area (Å²) in [5, 5.41) is 6.51. The van der Waals surface area contributed by atoms with E-state index in [0.717, 1.165) is 39.0 Å². The summed E-state index contributed by atoms with van der Waals surface area (Å²) in [6.45, 7) is 3.96. The fraction of sp³-hybridized carbons (Fsp3) is 0.917. The van der Waals surface area contributed by atoms with E-state index in [1.807, 2.05) is 0 Å². The summed E-state index contributed by atoms with van der Waals surface area (Å²) in [4.78, 5) is 14.0. The number of nitrogens with zero attached hydrogens (tertiary/aromatic N) is 1. The molecular weight excluding hydrogens is 202 g/mol. The Labute approximate surface area is 97.8 Å². The molecule has 92 valence electrons. The zero-order chi connectivity index (χ0) is 11.4. The zero-order valence-electron chi connectivity index (χ0n) is 10.2. The smallest absolute Gasteiger partial charge is 0.224 e. The largest absolute Gasteiger partial charge is 0.356 e. The van der Waals surface area contributed by atoms with Crippen molar-refractivity contribution in [3.8, 4) is 0 Å². The molecule has 2 rings (SSSR count). The van der Waals surface area contributed by atoms with E-state index in [-0.39, 0.29) is 11.8 Å². The Morgan fingerprint density at radius 1 is 1.50 bits per heavy atom. The van der Waals surface area contributed by atoms with Gasteiger partial charge in [-0.15, -0.1) is 0 Å². The molecule has 4 nitrogen and oxygen atoms in total. The van der Waals surface area contributed by atoms with E-state index in [0.29, 0.717) is 6.04 Å². The predicted molar refractivity (Wildman–Crippen MR) is 64.3 cm³/mol. The molecule has 4 heteroatoms. The second-order valence-electron chi connectivity index (χ2n) is 5.12. The van der Waals surface area contributed by atoms with Crippen LogP contribution in [-0.2, 0) is 4.79 Å². The lowest BCUT2D eigenvalue weighted by Gasteiger charge is -2.13. The number of hydrogen-bond acceptors (Lipinski definition) is 3. The van der Waals surface area contributed by atoms with Crippen LogP contribution in [0.2, 0.25) is 0 Å². The third-order valence-corrected chi connectivity index (χ3v) is 3.72. The van der Waals surface area contributed by atoms with E-state index in [1.54, 1.807) is 0 Å². The van der Waals surface area contributed by atoms with Gasteiger partial charge in [0.2, 0.25) is 5.91 Å². The standard InChI is InChI=1S/C12H23N3O/c1-15-8-5-10(9-15)12(16)14-7-4-11-3-2-6-13-11/h10-11,13H,2-9H2,1H3,(H,14,16)/t10?,11-/m0/s1. The molecule has 2 saturated heterocycles. The van der Waals surface area contributed by atoms with Gasteiger partial charge in [-0.2, -0.15) is 0 Å². The van der Waals surface area contributed by atoms with E-state index < -0.39 is 0 Å². The van der Waals surface area contributed by atoms with Crippen LogP contribution >= 0.6 is 0 Å². The van der Waals surface area contributed by atoms with Gasteiger partial charge in [0.05, 0.1) is 5.92 Å². The Morgan fingerprint density at radius 2 is 2.38 bits per heavy atom. The second-order valence-corrected chi connectivity index (χ2v) is 5.12. The van der Waals surface area contributed by atoms with Crippen molar-refractivity contribution in [2.45, 2.75) is 31.7 Å². The van der Waals surface area contributed by atoms with Gasteiger partial charge in [0, 0.05) is 19.1 Å². The number of carbonyl (C=O) groups is 1. The van der Waals surface area contributed by atoms with E-state index in [4.69, 9.17) is 0 Å². The highest BCUT2D eigenvalue weighted by Gasteiger charge is 2.25. The van der Waals surface area contributed by atoms with Gasteiger partial charge in [-0.05, 0) is 45.8 Å². The molecule has 0 bridgehead atoms. The van der Waals surface area contributed by atoms with Crippen LogP contribution in [-0.4, -0.2) is 50.1 Å². The maximum atomic E-state index is 11.8. The number of likely N-dealkylation sites (tertiary alicyclic amines) is 1. The lowest BCUT2D eigenvalue weighted by Crippen LogP contribution is -2.35. The summed E-state index contributed by atoms with van der Waals surface area (Å²) < 4.78 is 0. The molecule has 2 heterocycles. The molecule has 0 aromatic carbocycles. The van der Waals surface area contributed by atoms with E-state index >= 15 is 0 Å². The number of amides is 1. The second kappa shape index (κ2) is 5.64. The van der Waals surface area contributed by atoms with Crippen LogP contribution in [0.3, 0.4) is 0 Å². The molecule has 0 saturated carbocycles. The lowest BCUT2D eigenvalue weighted by atomic mass is 10.1. The Morgan fingerprint density at radius 3 is 3.00 bits per heavy atom. The molecule has 0 spiro atoms. The molecule has 2 fully saturated rings. The number of rotatable bonds is 4. The summed E-state index contributed by atoms with van der Waals surface area (Å²) in [5.74, 6) is 0.476. The summed E-state index contributed by atoms with van der Waals surface area (Å²) >= 11 is 0. The Kier molecular flexibility index (Phi) is 4.18. The summed E-state index contributed by atoms with van der Waals surface area (Å²) in [6, 6.07) is 0.631. The van der Waals surface area contributed by atoms with Crippen molar-refractivity contribution in [1.29, 1.82) is 0 Å². The first kappa shape index (κ1) is 11.9. The van der Waals surface area contributed by atoms with Gasteiger partial charge in [-0.1, -0.05) is 0 Å². The molecule has 0 aliphatic carbocycles. The minimum Gasteiger partial charge on any atom is -0.356 e. The Balaban J connectivity index is 1.60. The quantitative estimate of drug-likeness (QED) is 0.718. The summed E-state index contributed by atoms with van der Waals surface area (Å²) in [6.07, 6.45) is 4.65. The number of carbonyl (C=O) groups excluding carboxylic acids is 1. The molecule has 2 aliphatic rings. The lowest BCUT2D eigenvalue weighted by molar-refractivity contribution is -0.124. The molecule has 2 atom stereocenters. The predicted octanol–water partition coefficient (Wildman–Crippen LogP) is 0.196. The van der Waals surface area contributed by atoms with Gasteiger partial charge in [0.25, 0.3) is 0 Å². The van der Waals surface area contributed by atoms with Crippen LogP contribution in [0, 0.1) is 5.92 Å². The molecule has 16 heavy (non-hydrogen) atoms. The minimum absolute atomic E-state index is 0.224. The van der Waals surface area contributed by atoms with E-state index in [9.17, 15) is 4.79 Å². The Hall–Kier alpha value is -0.610. The zero-order valence-corrected chi connectivity index (χ0v) is 10.2. The van der Waals surface area contributed by atoms with Crippen molar-refractivity contribution in [2.24, 2.45) is 5.92 Å². The van der Waals surface area contributed by atoms with Crippen molar-refractivity contribution in [2.75, 3.05) is 33.2 Å². The molecule has 1 unspecified atom stereocenters. The number of nitrogens with one attached hydrogen (secondary N) is 2. The highest BCUT2D eigenvalue weighted by Crippen LogP contribution is 2.14. The molecule has 2 aliphatic heterocycles. The van der Waals surface area contributed by atoms with Gasteiger partial charge in [-0.25, -0.2) is 0 Å². The highest BCUT2D eigenvalue weighted by atomic mass is 16.1. The SMILES string of the molecule is CN1CCC(C(=O)NCC[C@@H]2CCCN2)C1. The van der Waals surface area contributed by atoms with Crippen molar-refractivity contribution >= 4 is 5.91 Å². The molecule has 2 N–H and O–H groups in total. The Bertz CT molecular complexity index is 238.